The summed E-state index contributed by atoms with van der Waals surface area (Å²) in [6.07, 6.45) is -0.325. The van der Waals surface area contributed by atoms with Crippen molar-refractivity contribution < 1.29 is 19.1 Å². The summed E-state index contributed by atoms with van der Waals surface area (Å²) in [7, 11) is 0. The first-order valence-corrected chi connectivity index (χ1v) is 7.13. The molecule has 2 N–H and O–H groups in total. The maximum absolute atomic E-state index is 11.9. The van der Waals surface area contributed by atoms with E-state index in [9.17, 15) is 9.59 Å². The highest BCUT2D eigenvalue weighted by atomic mass is 16.7. The molecular formula is C17H13N3O4. The second-order valence-electron chi connectivity index (χ2n) is 5.03. The van der Waals surface area contributed by atoms with Crippen molar-refractivity contribution in [1.29, 1.82) is 5.26 Å². The quantitative estimate of drug-likeness (QED) is 0.841. The Morgan fingerprint density at radius 2 is 1.58 bits per heavy atom. The number of benzene rings is 2. The molecule has 2 aromatic carbocycles. The molecule has 24 heavy (non-hydrogen) atoms. The average Bonchev–Trinajstić information content (AvgIpc) is 3.03. The van der Waals surface area contributed by atoms with E-state index in [1.807, 2.05) is 6.07 Å². The first-order chi connectivity index (χ1) is 11.6. The van der Waals surface area contributed by atoms with Crippen LogP contribution in [0.4, 0.5) is 11.4 Å². The van der Waals surface area contributed by atoms with Gasteiger partial charge in [-0.05, 0) is 36.4 Å². The maximum Gasteiger partial charge on any atom is 0.233 e. The monoisotopic (exact) mass is 323 g/mol. The Kier molecular flexibility index (Phi) is 4.29. The standard InChI is InChI=1S/C17H13N3O4/c18-9-11-1-3-12(4-2-11)19-16(21)8-17(22)20-13-5-6-14-15(7-13)24-10-23-14/h1-7H,8,10H2,(H,19,21)(H,20,22). The summed E-state index contributed by atoms with van der Waals surface area (Å²) in [4.78, 5) is 23.8. The molecule has 3 rings (SSSR count). The molecule has 0 spiro atoms. The van der Waals surface area contributed by atoms with Crippen LogP contribution in [0.1, 0.15) is 12.0 Å². The molecule has 0 aliphatic carbocycles. The van der Waals surface area contributed by atoms with Crippen LogP contribution in [-0.2, 0) is 9.59 Å². The molecule has 0 saturated carbocycles. The van der Waals surface area contributed by atoms with E-state index in [0.29, 0.717) is 28.4 Å². The van der Waals surface area contributed by atoms with E-state index in [-0.39, 0.29) is 13.2 Å². The number of anilines is 2. The van der Waals surface area contributed by atoms with Gasteiger partial charge in [-0.2, -0.15) is 5.26 Å². The maximum atomic E-state index is 11.9. The normalized spacial score (nSPS) is 11.5. The number of rotatable bonds is 4. The molecule has 1 aliphatic heterocycles. The number of hydrogen-bond donors (Lipinski definition) is 2. The molecule has 1 heterocycles. The third-order valence-corrected chi connectivity index (χ3v) is 3.28. The topological polar surface area (TPSA) is 100 Å². The largest absolute Gasteiger partial charge is 0.454 e. The summed E-state index contributed by atoms with van der Waals surface area (Å²) in [5.74, 6) is 0.277. The third-order valence-electron chi connectivity index (χ3n) is 3.28. The predicted octanol–water partition coefficient (Wildman–Crippen LogP) is 2.25. The first kappa shape index (κ1) is 15.4. The zero-order chi connectivity index (χ0) is 16.9. The molecule has 0 bridgehead atoms. The van der Waals surface area contributed by atoms with Crippen molar-refractivity contribution in [2.24, 2.45) is 0 Å². The minimum absolute atomic E-state index is 0.153. The number of hydrogen-bond acceptors (Lipinski definition) is 5. The minimum atomic E-state index is -0.446. The molecule has 0 unspecified atom stereocenters. The van der Waals surface area contributed by atoms with E-state index in [1.165, 1.54) is 0 Å². The van der Waals surface area contributed by atoms with E-state index >= 15 is 0 Å². The fourth-order valence-corrected chi connectivity index (χ4v) is 2.16. The number of carbonyl (C=O) groups is 2. The number of nitrogens with one attached hydrogen (secondary N) is 2. The molecule has 0 aromatic heterocycles. The third kappa shape index (κ3) is 3.62. The van der Waals surface area contributed by atoms with Crippen LogP contribution in [0.15, 0.2) is 42.5 Å². The summed E-state index contributed by atoms with van der Waals surface area (Å²) in [5, 5.41) is 13.9. The molecule has 7 nitrogen and oxygen atoms in total. The Balaban J connectivity index is 1.54. The van der Waals surface area contributed by atoms with Gasteiger partial charge in [0.1, 0.15) is 6.42 Å². The van der Waals surface area contributed by atoms with Gasteiger partial charge < -0.3 is 20.1 Å². The summed E-state index contributed by atoms with van der Waals surface area (Å²) in [6, 6.07) is 13.4. The molecular weight excluding hydrogens is 310 g/mol. The van der Waals surface area contributed by atoms with Gasteiger partial charge >= 0.3 is 0 Å². The second-order valence-corrected chi connectivity index (χ2v) is 5.03. The Morgan fingerprint density at radius 3 is 2.29 bits per heavy atom. The van der Waals surface area contributed by atoms with E-state index in [2.05, 4.69) is 10.6 Å². The highest BCUT2D eigenvalue weighted by Gasteiger charge is 2.15. The van der Waals surface area contributed by atoms with Gasteiger partial charge in [0, 0.05) is 17.4 Å². The lowest BCUT2D eigenvalue weighted by atomic mass is 10.2. The van der Waals surface area contributed by atoms with Crippen molar-refractivity contribution in [3.63, 3.8) is 0 Å². The van der Waals surface area contributed by atoms with Gasteiger partial charge in [-0.3, -0.25) is 9.59 Å². The van der Waals surface area contributed by atoms with Gasteiger partial charge in [0.25, 0.3) is 0 Å². The number of carbonyl (C=O) groups excluding carboxylic acids is 2. The van der Waals surface area contributed by atoms with Gasteiger partial charge in [-0.15, -0.1) is 0 Å². The van der Waals surface area contributed by atoms with Gasteiger partial charge in [0.2, 0.25) is 18.6 Å². The fraction of sp³-hybridized carbons (Fsp3) is 0.118. The average molecular weight is 323 g/mol. The molecule has 2 aromatic rings. The molecule has 2 amide bonds. The summed E-state index contributed by atoms with van der Waals surface area (Å²) in [5.41, 5.74) is 1.54. The molecule has 1 aliphatic rings. The Bertz CT molecular complexity index is 825. The van der Waals surface area contributed by atoms with Crippen molar-refractivity contribution in [1.82, 2.24) is 0 Å². The van der Waals surface area contributed by atoms with Crippen LogP contribution in [0.2, 0.25) is 0 Å². The Morgan fingerprint density at radius 1 is 0.958 bits per heavy atom. The van der Waals surface area contributed by atoms with Crippen molar-refractivity contribution in [2.45, 2.75) is 6.42 Å². The summed E-state index contributed by atoms with van der Waals surface area (Å²) >= 11 is 0. The zero-order valence-electron chi connectivity index (χ0n) is 12.5. The smallest absolute Gasteiger partial charge is 0.233 e. The molecule has 120 valence electrons. The van der Waals surface area contributed by atoms with Crippen LogP contribution in [0.5, 0.6) is 11.5 Å². The molecule has 0 atom stereocenters. The number of nitrogens with zero attached hydrogens (tertiary/aromatic N) is 1. The SMILES string of the molecule is N#Cc1ccc(NC(=O)CC(=O)Nc2ccc3c(c2)OCO3)cc1. The molecule has 0 fully saturated rings. The second kappa shape index (κ2) is 6.71. The van der Waals surface area contributed by atoms with Crippen LogP contribution in [-0.4, -0.2) is 18.6 Å². The van der Waals surface area contributed by atoms with Crippen molar-refractivity contribution in [3.8, 4) is 17.6 Å². The van der Waals surface area contributed by atoms with E-state index in [1.54, 1.807) is 42.5 Å². The molecule has 7 heteroatoms. The lowest BCUT2D eigenvalue weighted by molar-refractivity contribution is -0.123. The van der Waals surface area contributed by atoms with Crippen LogP contribution in [0.3, 0.4) is 0 Å². The van der Waals surface area contributed by atoms with Crippen LogP contribution >= 0.6 is 0 Å². The lowest BCUT2D eigenvalue weighted by Gasteiger charge is -2.07. The molecule has 0 radical (unpaired) electrons. The highest BCUT2D eigenvalue weighted by molar-refractivity contribution is 6.08. The number of ether oxygens (including phenoxy) is 2. The Labute approximate surface area is 137 Å². The number of fused-ring (bicyclic) bond motifs is 1. The van der Waals surface area contributed by atoms with Gasteiger partial charge in [-0.25, -0.2) is 0 Å². The Hall–Kier alpha value is -3.53. The number of amides is 2. The van der Waals surface area contributed by atoms with Crippen molar-refractivity contribution in [2.75, 3.05) is 17.4 Å². The van der Waals surface area contributed by atoms with Crippen LogP contribution < -0.4 is 20.1 Å². The van der Waals surface area contributed by atoms with Gasteiger partial charge in [-0.1, -0.05) is 0 Å². The summed E-state index contributed by atoms with van der Waals surface area (Å²) < 4.78 is 10.4. The van der Waals surface area contributed by atoms with E-state index in [4.69, 9.17) is 14.7 Å². The summed E-state index contributed by atoms with van der Waals surface area (Å²) in [6.45, 7) is 0.153. The minimum Gasteiger partial charge on any atom is -0.454 e. The van der Waals surface area contributed by atoms with Crippen molar-refractivity contribution >= 4 is 23.2 Å². The van der Waals surface area contributed by atoms with Gasteiger partial charge in [0.05, 0.1) is 11.6 Å². The predicted molar refractivity (Wildman–Crippen MR) is 85.6 cm³/mol. The van der Waals surface area contributed by atoms with Crippen molar-refractivity contribution in [3.05, 3.63) is 48.0 Å². The fourth-order valence-electron chi connectivity index (χ4n) is 2.16. The molecule has 0 saturated heterocycles. The highest BCUT2D eigenvalue weighted by Crippen LogP contribution is 2.34. The zero-order valence-corrected chi connectivity index (χ0v) is 12.5. The van der Waals surface area contributed by atoms with Crippen LogP contribution in [0.25, 0.3) is 0 Å². The van der Waals surface area contributed by atoms with E-state index < -0.39 is 11.8 Å². The first-order valence-electron chi connectivity index (χ1n) is 7.13. The van der Waals surface area contributed by atoms with Gasteiger partial charge in [0.15, 0.2) is 11.5 Å². The lowest BCUT2D eigenvalue weighted by Crippen LogP contribution is -2.21. The number of nitriles is 1. The van der Waals surface area contributed by atoms with Crippen LogP contribution in [0, 0.1) is 11.3 Å². The van der Waals surface area contributed by atoms with E-state index in [0.717, 1.165) is 0 Å².